The molecule has 0 N–H and O–H groups in total. The molecule has 1 aromatic heterocycles. The summed E-state index contributed by atoms with van der Waals surface area (Å²) in [6.45, 7) is 3.45. The van der Waals surface area contributed by atoms with Crippen molar-refractivity contribution in [1.82, 2.24) is 9.88 Å². The molecule has 0 saturated carbocycles. The Morgan fingerprint density at radius 1 is 1.17 bits per heavy atom. The van der Waals surface area contributed by atoms with E-state index in [-0.39, 0.29) is 18.3 Å². The molecule has 2 aromatic carbocycles. The average Bonchev–Trinajstić information content (AvgIpc) is 3.09. The lowest BCUT2D eigenvalue weighted by atomic mass is 10.2. The van der Waals surface area contributed by atoms with E-state index in [1.165, 1.54) is 5.56 Å². The van der Waals surface area contributed by atoms with Crippen LogP contribution in [0.4, 0.5) is 5.13 Å². The predicted molar refractivity (Wildman–Crippen MR) is 128 cm³/mol. The standard InChI is InChI=1S/C22H24ClN3OS.ClH/c1-4-16-9-11-19-20(15-16)28-22(24-19)26(14-13-25(2)3)21(27)12-10-17-7-5-6-8-18(17)23;/h5-12,15H,4,13-14H2,1-3H3;1H. The molecule has 0 atom stereocenters. The minimum absolute atomic E-state index is 0. The molecule has 0 aliphatic heterocycles. The molecule has 0 aliphatic carbocycles. The number of halogens is 2. The van der Waals surface area contributed by atoms with Crippen LogP contribution >= 0.6 is 35.3 Å². The number of aryl methyl sites for hydroxylation is 1. The Morgan fingerprint density at radius 3 is 2.62 bits per heavy atom. The van der Waals surface area contributed by atoms with Crippen molar-refractivity contribution in [2.45, 2.75) is 13.3 Å². The van der Waals surface area contributed by atoms with Gasteiger partial charge >= 0.3 is 0 Å². The van der Waals surface area contributed by atoms with Gasteiger partial charge in [-0.1, -0.05) is 54.1 Å². The molecular formula is C22H25Cl2N3OS. The van der Waals surface area contributed by atoms with Crippen molar-refractivity contribution in [1.29, 1.82) is 0 Å². The van der Waals surface area contributed by atoms with Gasteiger partial charge in [0.15, 0.2) is 5.13 Å². The maximum Gasteiger partial charge on any atom is 0.252 e. The lowest BCUT2D eigenvalue weighted by Crippen LogP contribution is -2.35. The lowest BCUT2D eigenvalue weighted by Gasteiger charge is -2.20. The van der Waals surface area contributed by atoms with Crippen molar-refractivity contribution in [2.75, 3.05) is 32.1 Å². The second kappa shape index (κ2) is 10.7. The molecular weight excluding hydrogens is 425 g/mol. The summed E-state index contributed by atoms with van der Waals surface area (Å²) in [4.78, 5) is 21.5. The highest BCUT2D eigenvalue weighted by Gasteiger charge is 2.18. The van der Waals surface area contributed by atoms with E-state index in [2.05, 4.69) is 24.0 Å². The van der Waals surface area contributed by atoms with Gasteiger partial charge in [0, 0.05) is 24.2 Å². The molecule has 0 fully saturated rings. The number of nitrogens with zero attached hydrogens (tertiary/aromatic N) is 3. The number of hydrogen-bond donors (Lipinski definition) is 0. The fraction of sp³-hybridized carbons (Fsp3) is 0.273. The Bertz CT molecular complexity index is 1000. The van der Waals surface area contributed by atoms with E-state index >= 15 is 0 Å². The SMILES string of the molecule is CCc1ccc2nc(N(CCN(C)C)C(=O)C=Cc3ccccc3Cl)sc2c1.Cl. The molecule has 1 amide bonds. The molecule has 7 heteroatoms. The number of likely N-dealkylation sites (N-methyl/N-ethyl adjacent to an activating group) is 1. The van der Waals surface area contributed by atoms with Crippen LogP contribution < -0.4 is 4.90 Å². The summed E-state index contributed by atoms with van der Waals surface area (Å²) in [6.07, 6.45) is 4.31. The van der Waals surface area contributed by atoms with Gasteiger partial charge in [-0.25, -0.2) is 4.98 Å². The van der Waals surface area contributed by atoms with Crippen molar-refractivity contribution in [3.8, 4) is 0 Å². The number of amides is 1. The zero-order chi connectivity index (χ0) is 20.1. The van der Waals surface area contributed by atoms with Gasteiger partial charge in [-0.3, -0.25) is 9.69 Å². The Labute approximate surface area is 187 Å². The van der Waals surface area contributed by atoms with Gasteiger partial charge in [0.1, 0.15) is 0 Å². The average molecular weight is 450 g/mol. The highest BCUT2D eigenvalue weighted by atomic mass is 35.5. The number of anilines is 1. The molecule has 0 unspecified atom stereocenters. The van der Waals surface area contributed by atoms with Crippen LogP contribution in [0, 0.1) is 0 Å². The van der Waals surface area contributed by atoms with Gasteiger partial charge < -0.3 is 4.90 Å². The van der Waals surface area contributed by atoms with Crippen LogP contribution in [0.25, 0.3) is 16.3 Å². The summed E-state index contributed by atoms with van der Waals surface area (Å²) in [5.41, 5.74) is 3.02. The van der Waals surface area contributed by atoms with Crippen LogP contribution in [0.15, 0.2) is 48.5 Å². The van der Waals surface area contributed by atoms with Gasteiger partial charge in [0.25, 0.3) is 5.91 Å². The number of aromatic nitrogens is 1. The van der Waals surface area contributed by atoms with E-state index in [4.69, 9.17) is 16.6 Å². The first-order valence-electron chi connectivity index (χ1n) is 9.26. The van der Waals surface area contributed by atoms with Crippen molar-refractivity contribution < 1.29 is 4.79 Å². The van der Waals surface area contributed by atoms with Crippen LogP contribution in [0.5, 0.6) is 0 Å². The van der Waals surface area contributed by atoms with Crippen LogP contribution in [-0.2, 0) is 11.2 Å². The molecule has 0 saturated heterocycles. The van der Waals surface area contributed by atoms with Crippen LogP contribution in [-0.4, -0.2) is 43.0 Å². The third-order valence-electron chi connectivity index (χ3n) is 4.43. The largest absolute Gasteiger partial charge is 0.308 e. The van der Waals surface area contributed by atoms with E-state index in [0.717, 1.165) is 33.9 Å². The Hall–Kier alpha value is -1.92. The van der Waals surface area contributed by atoms with Crippen molar-refractivity contribution in [3.05, 3.63) is 64.7 Å². The van der Waals surface area contributed by atoms with E-state index in [9.17, 15) is 4.79 Å². The Balaban J connectivity index is 0.00000300. The number of thiazole rings is 1. The summed E-state index contributed by atoms with van der Waals surface area (Å²) in [7, 11) is 3.99. The molecule has 29 heavy (non-hydrogen) atoms. The monoisotopic (exact) mass is 449 g/mol. The number of benzene rings is 2. The smallest absolute Gasteiger partial charge is 0.252 e. The fourth-order valence-electron chi connectivity index (χ4n) is 2.75. The number of carbonyl (C=O) groups excluding carboxylic acids is 1. The van der Waals surface area contributed by atoms with Crippen LogP contribution in [0.2, 0.25) is 5.02 Å². The highest BCUT2D eigenvalue weighted by molar-refractivity contribution is 7.22. The van der Waals surface area contributed by atoms with Gasteiger partial charge in [-0.15, -0.1) is 12.4 Å². The number of rotatable bonds is 7. The second-order valence-electron chi connectivity index (χ2n) is 6.80. The summed E-state index contributed by atoms with van der Waals surface area (Å²) < 4.78 is 1.10. The summed E-state index contributed by atoms with van der Waals surface area (Å²) in [5, 5.41) is 1.34. The van der Waals surface area contributed by atoms with Crippen molar-refractivity contribution in [3.63, 3.8) is 0 Å². The van der Waals surface area contributed by atoms with E-state index < -0.39 is 0 Å². The molecule has 3 aromatic rings. The molecule has 0 bridgehead atoms. The molecule has 0 aliphatic rings. The van der Waals surface area contributed by atoms with Crippen LogP contribution in [0.3, 0.4) is 0 Å². The second-order valence-corrected chi connectivity index (χ2v) is 8.22. The van der Waals surface area contributed by atoms with Crippen molar-refractivity contribution >= 4 is 62.7 Å². The molecule has 0 spiro atoms. The van der Waals surface area contributed by atoms with Crippen molar-refractivity contribution in [2.24, 2.45) is 0 Å². The van der Waals surface area contributed by atoms with Gasteiger partial charge in [-0.2, -0.15) is 0 Å². The van der Waals surface area contributed by atoms with Gasteiger partial charge in [-0.05, 0) is 55.9 Å². The molecule has 3 rings (SSSR count). The first-order chi connectivity index (χ1) is 13.5. The molecule has 4 nitrogen and oxygen atoms in total. The maximum atomic E-state index is 13.0. The first kappa shape index (κ1) is 23.4. The fourth-order valence-corrected chi connectivity index (χ4v) is 4.01. The van der Waals surface area contributed by atoms with E-state index in [0.29, 0.717) is 11.6 Å². The third-order valence-corrected chi connectivity index (χ3v) is 5.81. The van der Waals surface area contributed by atoms with Gasteiger partial charge in [0.2, 0.25) is 0 Å². The first-order valence-corrected chi connectivity index (χ1v) is 10.5. The van der Waals surface area contributed by atoms with E-state index in [1.54, 1.807) is 28.4 Å². The molecule has 154 valence electrons. The quantitative estimate of drug-likeness (QED) is 0.444. The normalized spacial score (nSPS) is 11.2. The predicted octanol–water partition coefficient (Wildman–Crippen LogP) is 5.54. The third kappa shape index (κ3) is 6.03. The number of carbonyl (C=O) groups is 1. The molecule has 1 heterocycles. The topological polar surface area (TPSA) is 36.4 Å². The number of hydrogen-bond acceptors (Lipinski definition) is 4. The maximum absolute atomic E-state index is 13.0. The summed E-state index contributed by atoms with van der Waals surface area (Å²) in [5.74, 6) is -0.100. The zero-order valence-corrected chi connectivity index (χ0v) is 19.2. The zero-order valence-electron chi connectivity index (χ0n) is 16.8. The summed E-state index contributed by atoms with van der Waals surface area (Å²) in [6, 6.07) is 13.8. The van der Waals surface area contributed by atoms with E-state index in [1.807, 2.05) is 44.4 Å². The van der Waals surface area contributed by atoms with Gasteiger partial charge in [0.05, 0.1) is 10.2 Å². The minimum Gasteiger partial charge on any atom is -0.308 e. The minimum atomic E-state index is -0.100. The summed E-state index contributed by atoms with van der Waals surface area (Å²) >= 11 is 7.75. The Morgan fingerprint density at radius 2 is 1.93 bits per heavy atom. The Kier molecular flexibility index (Phi) is 8.65. The highest BCUT2D eigenvalue weighted by Crippen LogP contribution is 2.30. The van der Waals surface area contributed by atoms with Crippen LogP contribution in [0.1, 0.15) is 18.1 Å². The molecule has 0 radical (unpaired) electrons. The number of fused-ring (bicyclic) bond motifs is 1. The lowest BCUT2D eigenvalue weighted by molar-refractivity contribution is -0.114.